The van der Waals surface area contributed by atoms with Crippen molar-refractivity contribution >= 4 is 17.5 Å². The van der Waals surface area contributed by atoms with Gasteiger partial charge in [-0.2, -0.15) is 0 Å². The van der Waals surface area contributed by atoms with Crippen molar-refractivity contribution in [1.82, 2.24) is 5.32 Å². The molecule has 0 aliphatic carbocycles. The number of carbonyl (C=O) groups is 2. The molecule has 33 heavy (non-hydrogen) atoms. The van der Waals surface area contributed by atoms with Crippen LogP contribution in [-0.2, 0) is 17.8 Å². The van der Waals surface area contributed by atoms with Gasteiger partial charge in [-0.05, 0) is 60.9 Å². The summed E-state index contributed by atoms with van der Waals surface area (Å²) in [5, 5.41) is 5.45. The summed E-state index contributed by atoms with van der Waals surface area (Å²) in [6.45, 7) is 2.40. The Hall–Kier alpha value is -3.78. The minimum atomic E-state index is -0.628. The predicted octanol–water partition coefficient (Wildman–Crippen LogP) is 4.36. The SMILES string of the molecule is Cc1ccc(C(=O)NCCc2cc(F)cc3c2OCOC3)cc1NC(=O)c1ccccc1F. The van der Waals surface area contributed by atoms with Gasteiger partial charge in [-0.25, -0.2) is 8.78 Å². The maximum absolute atomic E-state index is 13.9. The fourth-order valence-electron chi connectivity index (χ4n) is 3.59. The molecule has 0 saturated heterocycles. The first kappa shape index (κ1) is 22.4. The topological polar surface area (TPSA) is 76.7 Å². The lowest BCUT2D eigenvalue weighted by Crippen LogP contribution is -2.26. The molecule has 3 aromatic carbocycles. The summed E-state index contributed by atoms with van der Waals surface area (Å²) in [6, 6.07) is 13.3. The lowest BCUT2D eigenvalue weighted by Gasteiger charge is -2.21. The Kier molecular flexibility index (Phi) is 6.65. The Bertz CT molecular complexity index is 1210. The van der Waals surface area contributed by atoms with Crippen molar-refractivity contribution < 1.29 is 27.8 Å². The second-order valence-corrected chi connectivity index (χ2v) is 7.63. The van der Waals surface area contributed by atoms with Crippen LogP contribution < -0.4 is 15.4 Å². The lowest BCUT2D eigenvalue weighted by atomic mass is 10.0. The molecule has 6 nitrogen and oxygen atoms in total. The molecular formula is C25H22F2N2O4. The molecule has 170 valence electrons. The lowest BCUT2D eigenvalue weighted by molar-refractivity contribution is -0.0172. The maximum atomic E-state index is 13.9. The normalized spacial score (nSPS) is 12.5. The highest BCUT2D eigenvalue weighted by Gasteiger charge is 2.18. The first-order valence-corrected chi connectivity index (χ1v) is 10.4. The van der Waals surface area contributed by atoms with E-state index in [1.165, 1.54) is 36.4 Å². The van der Waals surface area contributed by atoms with E-state index in [2.05, 4.69) is 10.6 Å². The van der Waals surface area contributed by atoms with Crippen LogP contribution in [0, 0.1) is 18.6 Å². The molecule has 2 amide bonds. The minimum Gasteiger partial charge on any atom is -0.467 e. The molecule has 3 aromatic rings. The molecule has 0 fully saturated rings. The average molecular weight is 452 g/mol. The molecule has 1 aliphatic heterocycles. The van der Waals surface area contributed by atoms with Crippen molar-refractivity contribution in [3.8, 4) is 5.75 Å². The molecule has 0 unspecified atom stereocenters. The van der Waals surface area contributed by atoms with Crippen molar-refractivity contribution in [2.24, 2.45) is 0 Å². The van der Waals surface area contributed by atoms with Crippen LogP contribution in [0.25, 0.3) is 0 Å². The largest absolute Gasteiger partial charge is 0.467 e. The van der Waals surface area contributed by atoms with Gasteiger partial charge in [0.1, 0.15) is 17.4 Å². The van der Waals surface area contributed by atoms with Gasteiger partial charge < -0.3 is 20.1 Å². The third-order valence-corrected chi connectivity index (χ3v) is 5.30. The molecule has 0 atom stereocenters. The fourth-order valence-corrected chi connectivity index (χ4v) is 3.59. The highest BCUT2D eigenvalue weighted by Crippen LogP contribution is 2.29. The summed E-state index contributed by atoms with van der Waals surface area (Å²) < 4.78 is 38.5. The van der Waals surface area contributed by atoms with E-state index in [-0.39, 0.29) is 31.4 Å². The average Bonchev–Trinajstić information content (AvgIpc) is 2.80. The molecule has 0 bridgehead atoms. The number of nitrogens with one attached hydrogen (secondary N) is 2. The first-order valence-electron chi connectivity index (χ1n) is 10.4. The second-order valence-electron chi connectivity index (χ2n) is 7.63. The van der Waals surface area contributed by atoms with Crippen LogP contribution >= 0.6 is 0 Å². The van der Waals surface area contributed by atoms with Crippen molar-refractivity contribution in [1.29, 1.82) is 0 Å². The van der Waals surface area contributed by atoms with E-state index < -0.39 is 17.5 Å². The number of halogens is 2. The third-order valence-electron chi connectivity index (χ3n) is 5.30. The summed E-state index contributed by atoms with van der Waals surface area (Å²) in [5.41, 5.74) is 2.66. The summed E-state index contributed by atoms with van der Waals surface area (Å²) >= 11 is 0. The van der Waals surface area contributed by atoms with E-state index in [1.54, 1.807) is 25.1 Å². The van der Waals surface area contributed by atoms with E-state index in [0.717, 1.165) is 5.56 Å². The Morgan fingerprint density at radius 2 is 1.85 bits per heavy atom. The van der Waals surface area contributed by atoms with Gasteiger partial charge in [0.2, 0.25) is 0 Å². The molecular weight excluding hydrogens is 430 g/mol. The van der Waals surface area contributed by atoms with Crippen molar-refractivity contribution in [3.05, 3.63) is 94.0 Å². The molecule has 4 rings (SSSR count). The van der Waals surface area contributed by atoms with E-state index in [1.807, 2.05) is 0 Å². The van der Waals surface area contributed by atoms with Crippen molar-refractivity contribution in [2.75, 3.05) is 18.7 Å². The van der Waals surface area contributed by atoms with Crippen LogP contribution in [0.5, 0.6) is 5.75 Å². The number of ether oxygens (including phenoxy) is 2. The van der Waals surface area contributed by atoms with Crippen LogP contribution in [0.3, 0.4) is 0 Å². The van der Waals surface area contributed by atoms with Crippen LogP contribution in [0.4, 0.5) is 14.5 Å². The quantitative estimate of drug-likeness (QED) is 0.583. The molecule has 0 aromatic heterocycles. The van der Waals surface area contributed by atoms with Crippen LogP contribution in [0.2, 0.25) is 0 Å². The number of benzene rings is 3. The zero-order valence-corrected chi connectivity index (χ0v) is 17.9. The standard InChI is InChI=1S/C25H22F2N2O4/c1-15-6-7-17(12-22(15)29-25(31)20-4-2-3-5-21(20)27)24(30)28-9-8-16-10-19(26)11-18-13-32-14-33-23(16)18/h2-7,10-12H,8-9,13-14H2,1H3,(H,28,30)(H,29,31). The predicted molar refractivity (Wildman–Crippen MR) is 118 cm³/mol. The third kappa shape index (κ3) is 5.18. The van der Waals surface area contributed by atoms with Crippen LogP contribution in [0.1, 0.15) is 37.4 Å². The van der Waals surface area contributed by atoms with Gasteiger partial charge in [0.05, 0.1) is 12.2 Å². The Balaban J connectivity index is 1.42. The Morgan fingerprint density at radius 1 is 1.03 bits per heavy atom. The summed E-state index contributed by atoms with van der Waals surface area (Å²) in [6.07, 6.45) is 0.370. The number of rotatable bonds is 6. The fraction of sp³-hybridized carbons (Fsp3) is 0.200. The second kappa shape index (κ2) is 9.79. The van der Waals surface area contributed by atoms with Gasteiger partial charge in [0, 0.05) is 23.4 Å². The van der Waals surface area contributed by atoms with Gasteiger partial charge in [-0.1, -0.05) is 18.2 Å². The van der Waals surface area contributed by atoms with Gasteiger partial charge in [-0.15, -0.1) is 0 Å². The summed E-state index contributed by atoms with van der Waals surface area (Å²) in [7, 11) is 0. The number of fused-ring (bicyclic) bond motifs is 1. The number of amides is 2. The maximum Gasteiger partial charge on any atom is 0.258 e. The first-order chi connectivity index (χ1) is 15.9. The number of hydrogen-bond acceptors (Lipinski definition) is 4. The molecule has 0 saturated carbocycles. The molecule has 0 spiro atoms. The van der Waals surface area contributed by atoms with E-state index in [9.17, 15) is 18.4 Å². The number of hydrogen-bond donors (Lipinski definition) is 2. The van der Waals surface area contributed by atoms with E-state index in [4.69, 9.17) is 9.47 Å². The number of aryl methyl sites for hydroxylation is 1. The van der Waals surface area contributed by atoms with Crippen LogP contribution in [0.15, 0.2) is 54.6 Å². The summed E-state index contributed by atoms with van der Waals surface area (Å²) in [5.74, 6) is -1.39. The number of carbonyl (C=O) groups excluding carboxylic acids is 2. The highest BCUT2D eigenvalue weighted by molar-refractivity contribution is 6.05. The van der Waals surface area contributed by atoms with Gasteiger partial charge >= 0.3 is 0 Å². The van der Waals surface area contributed by atoms with Gasteiger partial charge in [0.15, 0.2) is 6.79 Å². The molecule has 8 heteroatoms. The van der Waals surface area contributed by atoms with Gasteiger partial charge in [0.25, 0.3) is 11.8 Å². The number of anilines is 1. The monoisotopic (exact) mass is 452 g/mol. The van der Waals surface area contributed by atoms with Crippen molar-refractivity contribution in [3.63, 3.8) is 0 Å². The van der Waals surface area contributed by atoms with Crippen LogP contribution in [-0.4, -0.2) is 25.2 Å². The molecule has 2 N–H and O–H groups in total. The van der Waals surface area contributed by atoms with Crippen molar-refractivity contribution in [2.45, 2.75) is 20.0 Å². The zero-order valence-electron chi connectivity index (χ0n) is 17.9. The summed E-state index contributed by atoms with van der Waals surface area (Å²) in [4.78, 5) is 25.1. The smallest absolute Gasteiger partial charge is 0.258 e. The van der Waals surface area contributed by atoms with E-state index >= 15 is 0 Å². The molecule has 0 radical (unpaired) electrons. The molecule has 1 heterocycles. The van der Waals surface area contributed by atoms with E-state index in [0.29, 0.717) is 34.5 Å². The van der Waals surface area contributed by atoms with Gasteiger partial charge in [-0.3, -0.25) is 9.59 Å². The highest BCUT2D eigenvalue weighted by atomic mass is 19.1. The Morgan fingerprint density at radius 3 is 2.67 bits per heavy atom. The Labute approximate surface area is 189 Å². The molecule has 1 aliphatic rings. The minimum absolute atomic E-state index is 0.0854. The zero-order chi connectivity index (χ0) is 23.4.